The number of fused-ring (bicyclic) bond motifs is 2. The van der Waals surface area contributed by atoms with Crippen molar-refractivity contribution in [3.63, 3.8) is 0 Å². The van der Waals surface area contributed by atoms with E-state index in [4.69, 9.17) is 9.72 Å². The van der Waals surface area contributed by atoms with Crippen LogP contribution in [0.15, 0.2) is 24.7 Å². The molecule has 0 atom stereocenters. The van der Waals surface area contributed by atoms with Crippen LogP contribution in [0.3, 0.4) is 0 Å². The average Bonchev–Trinajstić information content (AvgIpc) is 3.21. The summed E-state index contributed by atoms with van der Waals surface area (Å²) in [5.74, 6) is 1.84. The second-order valence-corrected chi connectivity index (χ2v) is 7.20. The van der Waals surface area contributed by atoms with E-state index in [2.05, 4.69) is 25.5 Å². The summed E-state index contributed by atoms with van der Waals surface area (Å²) < 4.78 is 5.43. The second kappa shape index (κ2) is 7.16. The molecule has 3 aromatic heterocycles. The predicted octanol–water partition coefficient (Wildman–Crippen LogP) is 2.48. The highest BCUT2D eigenvalue weighted by molar-refractivity contribution is 6.00. The van der Waals surface area contributed by atoms with Crippen LogP contribution in [0.2, 0.25) is 0 Å². The fourth-order valence-corrected chi connectivity index (χ4v) is 3.75. The van der Waals surface area contributed by atoms with E-state index in [0.29, 0.717) is 29.8 Å². The molecule has 0 radical (unpaired) electrons. The number of hydrogen-bond acceptors (Lipinski definition) is 7. The standard InChI is InChI=1S/C19H21N7O2.2H2/c27-17-11-22-18-19(26(17)4-1-12-2-5-28-6-3-12)24-15(9-21-18)13-7-14-16(20-8-13)10-23-25-14;;/h7-10,12H,1-6,11H2,(H,21,22)(H,23,25);2*1H. The third kappa shape index (κ3) is 3.18. The molecule has 0 aliphatic carbocycles. The zero-order valence-corrected chi connectivity index (χ0v) is 15.4. The molecular weight excluding hydrogens is 358 g/mol. The smallest absolute Gasteiger partial charge is 0.247 e. The van der Waals surface area contributed by atoms with Crippen LogP contribution in [0.1, 0.15) is 22.1 Å². The quantitative estimate of drug-likeness (QED) is 0.712. The Morgan fingerprint density at radius 3 is 3.00 bits per heavy atom. The number of carbonyl (C=O) groups excluding carboxylic acids is 1. The molecule has 2 N–H and O–H groups in total. The van der Waals surface area contributed by atoms with Gasteiger partial charge in [-0.15, -0.1) is 0 Å². The SMILES string of the molecule is O=C1CNc2ncc(-c3cnc4cn[nH]c4c3)nc2N1CCC1CCOCC1.[HH].[HH]. The summed E-state index contributed by atoms with van der Waals surface area (Å²) >= 11 is 0. The number of nitrogens with zero attached hydrogens (tertiary/aromatic N) is 5. The van der Waals surface area contributed by atoms with Crippen molar-refractivity contribution in [3.05, 3.63) is 24.7 Å². The van der Waals surface area contributed by atoms with Gasteiger partial charge in [0.05, 0.1) is 30.1 Å². The first kappa shape index (κ1) is 17.1. The Balaban J connectivity index is 0.00000128. The Hall–Kier alpha value is -3.07. The molecule has 0 unspecified atom stereocenters. The molecule has 5 rings (SSSR count). The molecule has 0 bridgehead atoms. The molecule has 2 aliphatic rings. The average molecular weight is 383 g/mol. The maximum atomic E-state index is 12.6. The van der Waals surface area contributed by atoms with Crippen molar-refractivity contribution in [2.24, 2.45) is 5.92 Å². The molecule has 9 nitrogen and oxygen atoms in total. The van der Waals surface area contributed by atoms with E-state index in [1.165, 1.54) is 0 Å². The van der Waals surface area contributed by atoms with E-state index in [9.17, 15) is 4.79 Å². The van der Waals surface area contributed by atoms with Crippen molar-refractivity contribution in [1.82, 2.24) is 25.1 Å². The molecule has 1 saturated heterocycles. The lowest BCUT2D eigenvalue weighted by Gasteiger charge is -2.30. The fourth-order valence-electron chi connectivity index (χ4n) is 3.75. The first-order valence-electron chi connectivity index (χ1n) is 9.56. The van der Waals surface area contributed by atoms with Gasteiger partial charge in [0.1, 0.15) is 5.52 Å². The van der Waals surface area contributed by atoms with Crippen molar-refractivity contribution < 1.29 is 12.4 Å². The normalized spacial score (nSPS) is 17.6. The summed E-state index contributed by atoms with van der Waals surface area (Å²) in [6.45, 7) is 2.51. The Bertz CT molecular complexity index is 1020. The molecule has 9 heteroatoms. The maximum absolute atomic E-state index is 12.6. The number of aromatic nitrogens is 5. The van der Waals surface area contributed by atoms with Gasteiger partial charge in [0, 0.05) is 34.4 Å². The van der Waals surface area contributed by atoms with Gasteiger partial charge >= 0.3 is 0 Å². The Morgan fingerprint density at radius 2 is 2.11 bits per heavy atom. The molecule has 1 amide bonds. The second-order valence-electron chi connectivity index (χ2n) is 7.20. The Morgan fingerprint density at radius 1 is 1.21 bits per heavy atom. The van der Waals surface area contributed by atoms with Crippen LogP contribution in [0.5, 0.6) is 0 Å². The topological polar surface area (TPSA) is 109 Å². The number of anilines is 2. The van der Waals surface area contributed by atoms with Crippen molar-refractivity contribution >= 4 is 28.6 Å². The zero-order valence-electron chi connectivity index (χ0n) is 15.4. The highest BCUT2D eigenvalue weighted by Gasteiger charge is 2.28. The Kier molecular flexibility index (Phi) is 4.36. The number of aromatic amines is 1. The molecule has 0 aromatic carbocycles. The molecule has 2 aliphatic heterocycles. The van der Waals surface area contributed by atoms with Crippen molar-refractivity contribution in [1.29, 1.82) is 0 Å². The number of nitrogens with one attached hydrogen (secondary N) is 2. The van der Waals surface area contributed by atoms with E-state index in [1.807, 2.05) is 6.07 Å². The van der Waals surface area contributed by atoms with E-state index in [-0.39, 0.29) is 15.3 Å². The minimum atomic E-state index is 0. The summed E-state index contributed by atoms with van der Waals surface area (Å²) in [6, 6.07) is 1.94. The highest BCUT2D eigenvalue weighted by Crippen LogP contribution is 2.30. The first-order valence-corrected chi connectivity index (χ1v) is 9.56. The zero-order chi connectivity index (χ0) is 18.9. The summed E-state index contributed by atoms with van der Waals surface area (Å²) in [6.07, 6.45) is 8.18. The summed E-state index contributed by atoms with van der Waals surface area (Å²) in [5, 5.41) is 9.99. The number of pyridine rings is 1. The van der Waals surface area contributed by atoms with Gasteiger partial charge < -0.3 is 10.1 Å². The fraction of sp³-hybridized carbons (Fsp3) is 0.421. The Labute approximate surface area is 164 Å². The largest absolute Gasteiger partial charge is 0.381 e. The molecular formula is C19H25N7O2. The first-order chi connectivity index (χ1) is 13.8. The summed E-state index contributed by atoms with van der Waals surface area (Å²) in [5.41, 5.74) is 3.14. The van der Waals surface area contributed by atoms with Gasteiger partial charge in [0.2, 0.25) is 5.91 Å². The molecule has 148 valence electrons. The lowest BCUT2D eigenvalue weighted by Crippen LogP contribution is -2.42. The van der Waals surface area contributed by atoms with E-state index >= 15 is 0 Å². The third-order valence-corrected chi connectivity index (χ3v) is 5.41. The van der Waals surface area contributed by atoms with Crippen LogP contribution >= 0.6 is 0 Å². The minimum absolute atomic E-state index is 0. The van der Waals surface area contributed by atoms with Gasteiger partial charge in [-0.1, -0.05) is 0 Å². The van der Waals surface area contributed by atoms with Crippen LogP contribution in [0.25, 0.3) is 22.3 Å². The minimum Gasteiger partial charge on any atom is -0.381 e. The lowest BCUT2D eigenvalue weighted by atomic mass is 9.96. The number of rotatable bonds is 4. The third-order valence-electron chi connectivity index (χ3n) is 5.41. The molecule has 5 heterocycles. The number of amides is 1. The van der Waals surface area contributed by atoms with Crippen LogP contribution < -0.4 is 10.2 Å². The van der Waals surface area contributed by atoms with Gasteiger partial charge in [-0.2, -0.15) is 5.10 Å². The van der Waals surface area contributed by atoms with E-state index in [0.717, 1.165) is 49.1 Å². The van der Waals surface area contributed by atoms with E-state index < -0.39 is 0 Å². The van der Waals surface area contributed by atoms with Gasteiger partial charge in [0.15, 0.2) is 11.6 Å². The molecule has 0 spiro atoms. The number of ether oxygens (including phenoxy) is 1. The molecule has 3 aromatic rings. The van der Waals surface area contributed by atoms with E-state index in [1.54, 1.807) is 23.5 Å². The molecule has 0 saturated carbocycles. The van der Waals surface area contributed by atoms with Gasteiger partial charge in [-0.25, -0.2) is 9.97 Å². The van der Waals surface area contributed by atoms with Gasteiger partial charge in [-0.05, 0) is 31.2 Å². The van der Waals surface area contributed by atoms with Gasteiger partial charge in [0.25, 0.3) is 0 Å². The van der Waals surface area contributed by atoms with Gasteiger partial charge in [-0.3, -0.25) is 19.8 Å². The summed E-state index contributed by atoms with van der Waals surface area (Å²) in [4.78, 5) is 28.0. The van der Waals surface area contributed by atoms with Crippen LogP contribution in [-0.2, 0) is 9.53 Å². The molecule has 28 heavy (non-hydrogen) atoms. The monoisotopic (exact) mass is 383 g/mol. The predicted molar refractivity (Wildman–Crippen MR) is 108 cm³/mol. The van der Waals surface area contributed by atoms with Crippen LogP contribution in [-0.4, -0.2) is 57.4 Å². The molecule has 1 fully saturated rings. The number of hydrogen-bond donors (Lipinski definition) is 2. The maximum Gasteiger partial charge on any atom is 0.247 e. The summed E-state index contributed by atoms with van der Waals surface area (Å²) in [7, 11) is 0. The van der Waals surface area contributed by atoms with Crippen molar-refractivity contribution in [3.8, 4) is 11.3 Å². The van der Waals surface area contributed by atoms with Crippen molar-refractivity contribution in [2.75, 3.05) is 36.5 Å². The number of carbonyl (C=O) groups is 1. The highest BCUT2D eigenvalue weighted by atomic mass is 16.5. The van der Waals surface area contributed by atoms with Crippen LogP contribution in [0.4, 0.5) is 11.6 Å². The lowest BCUT2D eigenvalue weighted by molar-refractivity contribution is -0.117. The number of H-pyrrole nitrogens is 1. The van der Waals surface area contributed by atoms with Crippen molar-refractivity contribution in [2.45, 2.75) is 19.3 Å². The van der Waals surface area contributed by atoms with Crippen LogP contribution in [0, 0.1) is 5.92 Å².